The standard InChI is InChI=1S/C21H18F3N3O4S/c22-21(23,24)13-4-3-5-14(10-13)26-32(30,31)15-6-7-18-16(11-15)19(28)17(12-25-18)20(29)27-8-1-2-9-27/h3-7,10-12,26H,1-2,8-9H2,(H,25,28). The monoisotopic (exact) mass is 465 g/mol. The van der Waals surface area contributed by atoms with Crippen molar-refractivity contribution in [1.29, 1.82) is 0 Å². The van der Waals surface area contributed by atoms with Crippen LogP contribution in [-0.2, 0) is 16.2 Å². The average molecular weight is 465 g/mol. The molecule has 1 fully saturated rings. The number of carbonyl (C=O) groups is 1. The highest BCUT2D eigenvalue weighted by molar-refractivity contribution is 7.92. The van der Waals surface area contributed by atoms with Gasteiger partial charge in [-0.25, -0.2) is 8.42 Å². The zero-order valence-electron chi connectivity index (χ0n) is 16.6. The van der Waals surface area contributed by atoms with Gasteiger partial charge in [-0.15, -0.1) is 0 Å². The van der Waals surface area contributed by atoms with Gasteiger partial charge in [0.25, 0.3) is 15.9 Å². The van der Waals surface area contributed by atoms with Gasteiger partial charge in [0.15, 0.2) is 0 Å². The molecule has 0 bridgehead atoms. The van der Waals surface area contributed by atoms with Crippen molar-refractivity contribution in [3.63, 3.8) is 0 Å². The lowest BCUT2D eigenvalue weighted by atomic mass is 10.1. The van der Waals surface area contributed by atoms with E-state index in [4.69, 9.17) is 0 Å². The van der Waals surface area contributed by atoms with Crippen LogP contribution in [0.5, 0.6) is 0 Å². The number of H-pyrrole nitrogens is 1. The molecule has 32 heavy (non-hydrogen) atoms. The maximum atomic E-state index is 12.9. The summed E-state index contributed by atoms with van der Waals surface area (Å²) in [5.74, 6) is -0.430. The number of alkyl halides is 3. The predicted octanol–water partition coefficient (Wildman–Crippen LogP) is 3.58. The van der Waals surface area contributed by atoms with E-state index in [0.29, 0.717) is 24.7 Å². The van der Waals surface area contributed by atoms with Crippen molar-refractivity contribution in [2.75, 3.05) is 17.8 Å². The van der Waals surface area contributed by atoms with Crippen LogP contribution in [0.2, 0.25) is 0 Å². The van der Waals surface area contributed by atoms with Gasteiger partial charge in [-0.05, 0) is 49.2 Å². The quantitative estimate of drug-likeness (QED) is 0.615. The lowest BCUT2D eigenvalue weighted by Crippen LogP contribution is -2.32. The molecule has 0 saturated carbocycles. The highest BCUT2D eigenvalue weighted by atomic mass is 32.2. The van der Waals surface area contributed by atoms with Crippen molar-refractivity contribution in [1.82, 2.24) is 9.88 Å². The van der Waals surface area contributed by atoms with Gasteiger partial charge in [0.2, 0.25) is 5.43 Å². The SMILES string of the molecule is O=C(c1c[nH]c2ccc(S(=O)(=O)Nc3cccc(C(F)(F)F)c3)cc2c1=O)N1CCCC1. The summed E-state index contributed by atoms with van der Waals surface area (Å²) in [6.45, 7) is 1.09. The van der Waals surface area contributed by atoms with E-state index in [9.17, 15) is 31.2 Å². The fourth-order valence-corrected chi connectivity index (χ4v) is 4.66. The summed E-state index contributed by atoms with van der Waals surface area (Å²) in [4.78, 5) is 29.6. The number of amides is 1. The second kappa shape index (κ2) is 7.97. The number of benzene rings is 2. The van der Waals surface area contributed by atoms with Crippen LogP contribution in [0.3, 0.4) is 0 Å². The highest BCUT2D eigenvalue weighted by Crippen LogP contribution is 2.31. The van der Waals surface area contributed by atoms with Crippen LogP contribution in [-0.4, -0.2) is 37.3 Å². The van der Waals surface area contributed by atoms with Crippen LogP contribution in [0.1, 0.15) is 28.8 Å². The molecule has 0 spiro atoms. The predicted molar refractivity (Wildman–Crippen MR) is 112 cm³/mol. The van der Waals surface area contributed by atoms with E-state index in [1.54, 1.807) is 4.90 Å². The summed E-state index contributed by atoms with van der Waals surface area (Å²) in [7, 11) is -4.30. The van der Waals surface area contributed by atoms with Crippen molar-refractivity contribution in [3.8, 4) is 0 Å². The van der Waals surface area contributed by atoms with E-state index in [1.165, 1.54) is 24.4 Å². The molecule has 168 valence electrons. The zero-order valence-corrected chi connectivity index (χ0v) is 17.4. The molecule has 2 N–H and O–H groups in total. The molecule has 1 amide bonds. The topological polar surface area (TPSA) is 99.3 Å². The van der Waals surface area contributed by atoms with E-state index >= 15 is 0 Å². The number of carbonyl (C=O) groups excluding carboxylic acids is 1. The number of likely N-dealkylation sites (tertiary alicyclic amines) is 1. The number of nitrogens with one attached hydrogen (secondary N) is 2. The Labute approximate surface area is 180 Å². The van der Waals surface area contributed by atoms with Crippen LogP contribution in [0, 0.1) is 0 Å². The van der Waals surface area contributed by atoms with Crippen molar-refractivity contribution in [3.05, 3.63) is 70.0 Å². The largest absolute Gasteiger partial charge is 0.416 e. The Morgan fingerprint density at radius 1 is 1.06 bits per heavy atom. The van der Waals surface area contributed by atoms with E-state index in [0.717, 1.165) is 31.0 Å². The maximum Gasteiger partial charge on any atom is 0.416 e. The van der Waals surface area contributed by atoms with Gasteiger partial charge in [-0.3, -0.25) is 14.3 Å². The molecule has 1 aliphatic heterocycles. The Balaban J connectivity index is 1.70. The third-order valence-corrected chi connectivity index (χ3v) is 6.61. The summed E-state index contributed by atoms with van der Waals surface area (Å²) in [5.41, 5.74) is -1.66. The minimum absolute atomic E-state index is 0.0121. The summed E-state index contributed by atoms with van der Waals surface area (Å²) < 4.78 is 66.4. The van der Waals surface area contributed by atoms with Crippen molar-refractivity contribution in [2.24, 2.45) is 0 Å². The molecule has 1 aromatic heterocycles. The second-order valence-corrected chi connectivity index (χ2v) is 9.10. The number of fused-ring (bicyclic) bond motifs is 1. The summed E-state index contributed by atoms with van der Waals surface area (Å²) in [6, 6.07) is 7.46. The Morgan fingerprint density at radius 2 is 1.78 bits per heavy atom. The van der Waals surface area contributed by atoms with Gasteiger partial charge in [0.05, 0.1) is 10.5 Å². The average Bonchev–Trinajstić information content (AvgIpc) is 3.28. The van der Waals surface area contributed by atoms with E-state index in [2.05, 4.69) is 9.71 Å². The minimum Gasteiger partial charge on any atom is -0.360 e. The van der Waals surface area contributed by atoms with Crippen LogP contribution >= 0.6 is 0 Å². The van der Waals surface area contributed by atoms with E-state index < -0.39 is 33.1 Å². The lowest BCUT2D eigenvalue weighted by molar-refractivity contribution is -0.137. The molecule has 2 aromatic carbocycles. The maximum absolute atomic E-state index is 12.9. The third kappa shape index (κ3) is 4.20. The first-order valence-electron chi connectivity index (χ1n) is 9.71. The van der Waals surface area contributed by atoms with Gasteiger partial charge >= 0.3 is 6.18 Å². The molecule has 1 saturated heterocycles. The molecular formula is C21H18F3N3O4S. The Kier molecular flexibility index (Phi) is 5.45. The smallest absolute Gasteiger partial charge is 0.360 e. The van der Waals surface area contributed by atoms with Crippen LogP contribution in [0.4, 0.5) is 18.9 Å². The van der Waals surface area contributed by atoms with Gasteiger partial charge in [-0.2, -0.15) is 13.2 Å². The first kappa shape index (κ1) is 21.9. The van der Waals surface area contributed by atoms with Crippen molar-refractivity contribution < 1.29 is 26.4 Å². The molecule has 0 radical (unpaired) electrons. The van der Waals surface area contributed by atoms with Gasteiger partial charge in [-0.1, -0.05) is 6.07 Å². The number of sulfonamides is 1. The van der Waals surface area contributed by atoms with Crippen LogP contribution in [0.15, 0.2) is 58.4 Å². The minimum atomic E-state index is -4.63. The molecule has 0 aliphatic carbocycles. The summed E-state index contributed by atoms with van der Waals surface area (Å²) in [5, 5.41) is -0.0121. The molecule has 4 rings (SSSR count). The number of hydrogen-bond donors (Lipinski definition) is 2. The fourth-order valence-electron chi connectivity index (χ4n) is 3.59. The van der Waals surface area contributed by atoms with Gasteiger partial charge in [0, 0.05) is 35.9 Å². The number of hydrogen-bond acceptors (Lipinski definition) is 4. The Morgan fingerprint density at radius 3 is 2.47 bits per heavy atom. The Bertz CT molecular complexity index is 1360. The molecule has 11 heteroatoms. The fraction of sp³-hybridized carbons (Fsp3) is 0.238. The second-order valence-electron chi connectivity index (χ2n) is 7.42. The van der Waals surface area contributed by atoms with Crippen molar-refractivity contribution >= 4 is 32.5 Å². The van der Waals surface area contributed by atoms with Gasteiger partial charge in [0.1, 0.15) is 5.56 Å². The van der Waals surface area contributed by atoms with E-state index in [-0.39, 0.29) is 21.5 Å². The first-order valence-corrected chi connectivity index (χ1v) is 11.2. The normalized spacial score (nSPS) is 14.7. The number of nitrogens with zero attached hydrogens (tertiary/aromatic N) is 1. The lowest BCUT2D eigenvalue weighted by Gasteiger charge is -2.15. The van der Waals surface area contributed by atoms with Gasteiger partial charge < -0.3 is 9.88 Å². The number of halogens is 3. The number of aromatic nitrogens is 1. The summed E-state index contributed by atoms with van der Waals surface area (Å²) >= 11 is 0. The van der Waals surface area contributed by atoms with E-state index in [1.807, 2.05) is 0 Å². The molecule has 3 aromatic rings. The van der Waals surface area contributed by atoms with Crippen molar-refractivity contribution in [2.45, 2.75) is 23.9 Å². The Hall–Kier alpha value is -3.34. The molecule has 0 atom stereocenters. The van der Waals surface area contributed by atoms with Crippen LogP contribution in [0.25, 0.3) is 10.9 Å². The number of rotatable bonds is 4. The summed E-state index contributed by atoms with van der Waals surface area (Å²) in [6.07, 6.45) is -1.63. The number of pyridine rings is 1. The third-order valence-electron chi connectivity index (χ3n) is 5.23. The molecule has 7 nitrogen and oxygen atoms in total. The molecule has 0 unspecified atom stereocenters. The first-order chi connectivity index (χ1) is 15.1. The number of anilines is 1. The highest BCUT2D eigenvalue weighted by Gasteiger charge is 2.31. The molecule has 1 aliphatic rings. The number of aromatic amines is 1. The molecule has 2 heterocycles. The van der Waals surface area contributed by atoms with Crippen LogP contribution < -0.4 is 10.2 Å². The zero-order chi connectivity index (χ0) is 23.1. The molecular weight excluding hydrogens is 447 g/mol.